The molecular weight excluding hydrogens is 311 g/mol. The number of hydrogen-bond acceptors (Lipinski definition) is 2. The lowest BCUT2D eigenvalue weighted by atomic mass is 9.69. The number of amides is 1. The quantitative estimate of drug-likeness (QED) is 0.871. The number of nitrogens with one attached hydrogen (secondary N) is 1. The van der Waals surface area contributed by atoms with Gasteiger partial charge in [-0.1, -0.05) is 22.4 Å². The first-order chi connectivity index (χ1) is 9.04. The maximum atomic E-state index is 13.5. The van der Waals surface area contributed by atoms with E-state index in [4.69, 9.17) is 5.73 Å². The molecule has 0 aromatic heterocycles. The van der Waals surface area contributed by atoms with E-state index in [-0.39, 0.29) is 23.6 Å². The van der Waals surface area contributed by atoms with Gasteiger partial charge in [0.1, 0.15) is 5.82 Å². The summed E-state index contributed by atoms with van der Waals surface area (Å²) in [5.74, 6) is -0.507. The van der Waals surface area contributed by atoms with E-state index in [2.05, 4.69) is 21.2 Å². The molecule has 1 aliphatic rings. The molecule has 0 saturated heterocycles. The minimum Gasteiger partial charge on any atom is -0.355 e. The van der Waals surface area contributed by atoms with Crippen LogP contribution in [0.25, 0.3) is 0 Å². The third kappa shape index (κ3) is 3.54. The van der Waals surface area contributed by atoms with Crippen molar-refractivity contribution < 1.29 is 9.18 Å². The molecule has 1 aliphatic carbocycles. The molecule has 0 atom stereocenters. The summed E-state index contributed by atoms with van der Waals surface area (Å²) in [5.41, 5.74) is 6.21. The fourth-order valence-electron chi connectivity index (χ4n) is 2.33. The van der Waals surface area contributed by atoms with Gasteiger partial charge in [0.15, 0.2) is 0 Å². The van der Waals surface area contributed by atoms with Crippen LogP contribution in [-0.2, 0) is 11.2 Å². The topological polar surface area (TPSA) is 55.1 Å². The summed E-state index contributed by atoms with van der Waals surface area (Å²) >= 11 is 3.27. The third-order valence-corrected chi connectivity index (χ3v) is 4.36. The van der Waals surface area contributed by atoms with Crippen LogP contribution >= 0.6 is 15.9 Å². The van der Waals surface area contributed by atoms with E-state index in [1.807, 2.05) is 0 Å². The summed E-state index contributed by atoms with van der Waals surface area (Å²) < 4.78 is 14.3. The van der Waals surface area contributed by atoms with Crippen molar-refractivity contribution in [2.45, 2.75) is 25.7 Å². The van der Waals surface area contributed by atoms with Crippen LogP contribution in [0.15, 0.2) is 22.7 Å². The first-order valence-electron chi connectivity index (χ1n) is 6.45. The smallest absolute Gasteiger partial charge is 0.224 e. The Balaban J connectivity index is 1.89. The SMILES string of the molecule is NCC1(CNC(=O)Cc2cc(Br)ccc2F)CCC1. The Morgan fingerprint density at radius 1 is 1.47 bits per heavy atom. The average Bonchev–Trinajstić information content (AvgIpc) is 2.33. The highest BCUT2D eigenvalue weighted by Gasteiger charge is 2.35. The van der Waals surface area contributed by atoms with Crippen LogP contribution in [0.4, 0.5) is 4.39 Å². The normalized spacial score (nSPS) is 16.8. The highest BCUT2D eigenvalue weighted by atomic mass is 79.9. The Morgan fingerprint density at radius 3 is 2.79 bits per heavy atom. The van der Waals surface area contributed by atoms with Crippen LogP contribution in [0.5, 0.6) is 0 Å². The largest absolute Gasteiger partial charge is 0.355 e. The van der Waals surface area contributed by atoms with Gasteiger partial charge in [-0.25, -0.2) is 4.39 Å². The zero-order chi connectivity index (χ0) is 13.9. The second-order valence-electron chi connectivity index (χ2n) is 5.25. The minimum absolute atomic E-state index is 0.0614. The van der Waals surface area contributed by atoms with E-state index < -0.39 is 0 Å². The number of nitrogens with two attached hydrogens (primary N) is 1. The Labute approximate surface area is 120 Å². The maximum Gasteiger partial charge on any atom is 0.224 e. The summed E-state index contributed by atoms with van der Waals surface area (Å²) in [4.78, 5) is 11.8. The standard InChI is InChI=1S/C14H18BrFN2O/c15-11-2-3-12(16)10(6-11)7-13(19)18-9-14(8-17)4-1-5-14/h2-3,6H,1,4-5,7-9,17H2,(H,18,19). The predicted molar refractivity (Wildman–Crippen MR) is 76.2 cm³/mol. The molecule has 1 fully saturated rings. The zero-order valence-corrected chi connectivity index (χ0v) is 12.3. The molecule has 1 aromatic carbocycles. The van der Waals surface area contributed by atoms with Crippen molar-refractivity contribution in [2.75, 3.05) is 13.1 Å². The van der Waals surface area contributed by atoms with Gasteiger partial charge in [0.2, 0.25) is 5.91 Å². The van der Waals surface area contributed by atoms with E-state index in [1.165, 1.54) is 12.5 Å². The molecule has 0 spiro atoms. The number of carbonyl (C=O) groups excluding carboxylic acids is 1. The molecule has 0 aliphatic heterocycles. The summed E-state index contributed by atoms with van der Waals surface area (Å²) in [7, 11) is 0. The van der Waals surface area contributed by atoms with Crippen molar-refractivity contribution in [3.63, 3.8) is 0 Å². The van der Waals surface area contributed by atoms with Crippen molar-refractivity contribution in [3.8, 4) is 0 Å². The molecular formula is C14H18BrFN2O. The van der Waals surface area contributed by atoms with Crippen LogP contribution in [0, 0.1) is 11.2 Å². The van der Waals surface area contributed by atoms with E-state index in [0.29, 0.717) is 18.7 Å². The molecule has 0 bridgehead atoms. The fourth-order valence-corrected chi connectivity index (χ4v) is 2.74. The molecule has 0 heterocycles. The Bertz CT molecular complexity index is 469. The first kappa shape index (κ1) is 14.5. The summed E-state index contributed by atoms with van der Waals surface area (Å²) in [5, 5.41) is 2.87. The van der Waals surface area contributed by atoms with Gasteiger partial charge in [0.25, 0.3) is 0 Å². The number of carbonyl (C=O) groups is 1. The number of rotatable bonds is 5. The highest BCUT2D eigenvalue weighted by Crippen LogP contribution is 2.39. The van der Waals surface area contributed by atoms with Crippen LogP contribution in [0.3, 0.4) is 0 Å². The molecule has 3 nitrogen and oxygen atoms in total. The van der Waals surface area contributed by atoms with Gasteiger partial charge in [-0.15, -0.1) is 0 Å². The number of hydrogen-bond donors (Lipinski definition) is 2. The Kier molecular flexibility index (Phi) is 4.58. The van der Waals surface area contributed by atoms with Crippen molar-refractivity contribution in [3.05, 3.63) is 34.1 Å². The average molecular weight is 329 g/mol. The van der Waals surface area contributed by atoms with Crippen LogP contribution in [-0.4, -0.2) is 19.0 Å². The lowest BCUT2D eigenvalue weighted by Gasteiger charge is -2.41. The van der Waals surface area contributed by atoms with Gasteiger partial charge in [-0.3, -0.25) is 4.79 Å². The number of halogens is 2. The second kappa shape index (κ2) is 6.01. The van der Waals surface area contributed by atoms with Crippen molar-refractivity contribution in [1.29, 1.82) is 0 Å². The lowest BCUT2D eigenvalue weighted by molar-refractivity contribution is -0.121. The van der Waals surface area contributed by atoms with Gasteiger partial charge >= 0.3 is 0 Å². The minimum atomic E-state index is -0.351. The second-order valence-corrected chi connectivity index (χ2v) is 6.16. The molecule has 1 amide bonds. The first-order valence-corrected chi connectivity index (χ1v) is 7.25. The van der Waals surface area contributed by atoms with Crippen molar-refractivity contribution in [2.24, 2.45) is 11.1 Å². The highest BCUT2D eigenvalue weighted by molar-refractivity contribution is 9.10. The fraction of sp³-hybridized carbons (Fsp3) is 0.500. The van der Waals surface area contributed by atoms with Gasteiger partial charge in [0, 0.05) is 11.0 Å². The molecule has 5 heteroatoms. The van der Waals surface area contributed by atoms with E-state index in [9.17, 15) is 9.18 Å². The summed E-state index contributed by atoms with van der Waals surface area (Å²) in [6.07, 6.45) is 3.36. The Hall–Kier alpha value is -0.940. The van der Waals surface area contributed by atoms with E-state index >= 15 is 0 Å². The lowest BCUT2D eigenvalue weighted by Crippen LogP contribution is -2.47. The van der Waals surface area contributed by atoms with Gasteiger partial charge < -0.3 is 11.1 Å². The van der Waals surface area contributed by atoms with Gasteiger partial charge in [0.05, 0.1) is 6.42 Å². The van der Waals surface area contributed by atoms with Crippen molar-refractivity contribution >= 4 is 21.8 Å². The van der Waals surface area contributed by atoms with Gasteiger partial charge in [-0.2, -0.15) is 0 Å². The molecule has 1 aromatic rings. The molecule has 104 valence electrons. The van der Waals surface area contributed by atoms with Crippen LogP contribution < -0.4 is 11.1 Å². The zero-order valence-electron chi connectivity index (χ0n) is 10.7. The monoisotopic (exact) mass is 328 g/mol. The van der Waals surface area contributed by atoms with Crippen LogP contribution in [0.1, 0.15) is 24.8 Å². The summed E-state index contributed by atoms with van der Waals surface area (Å²) in [6, 6.07) is 4.62. The van der Waals surface area contributed by atoms with E-state index in [1.54, 1.807) is 12.1 Å². The van der Waals surface area contributed by atoms with Crippen molar-refractivity contribution in [1.82, 2.24) is 5.32 Å². The van der Waals surface area contributed by atoms with Gasteiger partial charge in [-0.05, 0) is 48.6 Å². The third-order valence-electron chi connectivity index (χ3n) is 3.87. The molecule has 3 N–H and O–H groups in total. The van der Waals surface area contributed by atoms with E-state index in [0.717, 1.165) is 17.3 Å². The summed E-state index contributed by atoms with van der Waals surface area (Å²) in [6.45, 7) is 1.19. The molecule has 19 heavy (non-hydrogen) atoms. The Morgan fingerprint density at radius 2 is 2.21 bits per heavy atom. The van der Waals surface area contributed by atoms with Crippen LogP contribution in [0.2, 0.25) is 0 Å². The maximum absolute atomic E-state index is 13.5. The number of benzene rings is 1. The predicted octanol–water partition coefficient (Wildman–Crippen LogP) is 2.38. The molecule has 1 saturated carbocycles. The molecule has 0 radical (unpaired) electrons. The molecule has 2 rings (SSSR count). The molecule has 0 unspecified atom stereocenters.